The van der Waals surface area contributed by atoms with E-state index in [0.29, 0.717) is 6.61 Å². The van der Waals surface area contributed by atoms with Gasteiger partial charge in [-0.15, -0.1) is 0 Å². The summed E-state index contributed by atoms with van der Waals surface area (Å²) in [6.45, 7) is 5.18. The maximum atomic E-state index is 6.09. The molecule has 2 aromatic rings. The van der Waals surface area contributed by atoms with Gasteiger partial charge in [-0.25, -0.2) is 0 Å². The normalized spacial score (nSPS) is 19.1. The molecule has 4 rings (SSSR count). The lowest BCUT2D eigenvalue weighted by molar-refractivity contribution is 0.305. The molecule has 0 radical (unpaired) electrons. The molecule has 2 aliphatic rings. The summed E-state index contributed by atoms with van der Waals surface area (Å²) in [5.74, 6) is 2.47. The molecular weight excluding hydrogens is 330 g/mol. The van der Waals surface area contributed by atoms with Gasteiger partial charge >= 0.3 is 0 Å². The van der Waals surface area contributed by atoms with Gasteiger partial charge in [0.2, 0.25) is 0 Å². The summed E-state index contributed by atoms with van der Waals surface area (Å²) in [6.07, 6.45) is 9.39. The molecule has 0 aromatic heterocycles. The molecule has 0 unspecified atom stereocenters. The first-order valence-electron chi connectivity index (χ1n) is 10.8. The maximum absolute atomic E-state index is 6.09. The number of benzene rings is 2. The molecule has 2 heteroatoms. The summed E-state index contributed by atoms with van der Waals surface area (Å²) in [4.78, 5) is 0. The first-order chi connectivity index (χ1) is 13.3. The second-order valence-corrected chi connectivity index (χ2v) is 8.41. The van der Waals surface area contributed by atoms with Crippen LogP contribution in [-0.2, 0) is 6.61 Å². The van der Waals surface area contributed by atoms with E-state index >= 15 is 0 Å². The first kappa shape index (κ1) is 18.6. The zero-order chi connectivity index (χ0) is 18.5. The van der Waals surface area contributed by atoms with Crippen LogP contribution in [-0.4, -0.2) is 13.1 Å². The van der Waals surface area contributed by atoms with Gasteiger partial charge in [-0.05, 0) is 91.9 Å². The molecule has 144 valence electrons. The third-order valence-corrected chi connectivity index (χ3v) is 6.48. The SMILES string of the molecule is Cc1cc(OCc2ccc(C3CCNCC3)cc2)ccc1C1CCCCC1. The lowest BCUT2D eigenvalue weighted by Crippen LogP contribution is -2.26. The van der Waals surface area contributed by atoms with Crippen LogP contribution < -0.4 is 10.1 Å². The van der Waals surface area contributed by atoms with Crippen LogP contribution in [0.4, 0.5) is 0 Å². The summed E-state index contributed by atoms with van der Waals surface area (Å²) in [5, 5.41) is 3.44. The zero-order valence-corrected chi connectivity index (χ0v) is 16.7. The van der Waals surface area contributed by atoms with Crippen molar-refractivity contribution in [1.82, 2.24) is 5.32 Å². The Bertz CT molecular complexity index is 724. The average molecular weight is 364 g/mol. The van der Waals surface area contributed by atoms with Crippen molar-refractivity contribution in [2.75, 3.05) is 13.1 Å². The van der Waals surface area contributed by atoms with Gasteiger partial charge in [-0.3, -0.25) is 0 Å². The highest BCUT2D eigenvalue weighted by Crippen LogP contribution is 2.35. The molecule has 2 nitrogen and oxygen atoms in total. The molecular formula is C25H33NO. The Kier molecular flexibility index (Phi) is 6.14. The fourth-order valence-electron chi connectivity index (χ4n) is 4.82. The Balaban J connectivity index is 1.34. The third-order valence-electron chi connectivity index (χ3n) is 6.48. The Hall–Kier alpha value is -1.80. The Morgan fingerprint density at radius 3 is 2.30 bits per heavy atom. The number of nitrogens with one attached hydrogen (secondary N) is 1. The van der Waals surface area contributed by atoms with E-state index in [2.05, 4.69) is 54.7 Å². The van der Waals surface area contributed by atoms with Crippen LogP contribution in [0.5, 0.6) is 5.75 Å². The van der Waals surface area contributed by atoms with Crippen molar-refractivity contribution < 1.29 is 4.74 Å². The molecule has 2 fully saturated rings. The summed E-state index contributed by atoms with van der Waals surface area (Å²) >= 11 is 0. The van der Waals surface area contributed by atoms with E-state index in [9.17, 15) is 0 Å². The van der Waals surface area contributed by atoms with Gasteiger partial charge in [-0.1, -0.05) is 49.6 Å². The van der Waals surface area contributed by atoms with Gasteiger partial charge in [0, 0.05) is 0 Å². The smallest absolute Gasteiger partial charge is 0.120 e. The van der Waals surface area contributed by atoms with Crippen LogP contribution >= 0.6 is 0 Å². The standard InChI is InChI=1S/C25H33NO/c1-19-17-24(11-12-25(19)23-5-3-2-4-6-23)27-18-20-7-9-21(10-8-20)22-13-15-26-16-14-22/h7-12,17,22-23,26H,2-6,13-16,18H2,1H3. The first-order valence-corrected chi connectivity index (χ1v) is 10.8. The van der Waals surface area contributed by atoms with E-state index < -0.39 is 0 Å². The lowest BCUT2D eigenvalue weighted by atomic mass is 9.82. The van der Waals surface area contributed by atoms with Crippen LogP contribution in [0.25, 0.3) is 0 Å². The van der Waals surface area contributed by atoms with E-state index in [-0.39, 0.29) is 0 Å². The van der Waals surface area contributed by atoms with Crippen LogP contribution in [0.1, 0.15) is 79.0 Å². The Labute approximate surface area is 164 Å². The molecule has 1 N–H and O–H groups in total. The van der Waals surface area contributed by atoms with Gasteiger partial charge in [0.05, 0.1) is 0 Å². The van der Waals surface area contributed by atoms with Crippen molar-refractivity contribution in [3.05, 3.63) is 64.7 Å². The zero-order valence-electron chi connectivity index (χ0n) is 16.7. The molecule has 1 aliphatic heterocycles. The summed E-state index contributed by atoms with van der Waals surface area (Å²) in [7, 11) is 0. The highest BCUT2D eigenvalue weighted by atomic mass is 16.5. The van der Waals surface area contributed by atoms with Crippen molar-refractivity contribution >= 4 is 0 Å². The predicted molar refractivity (Wildman–Crippen MR) is 113 cm³/mol. The molecule has 2 aromatic carbocycles. The highest BCUT2D eigenvalue weighted by molar-refractivity contribution is 5.37. The van der Waals surface area contributed by atoms with Gasteiger partial charge in [-0.2, -0.15) is 0 Å². The van der Waals surface area contributed by atoms with E-state index in [1.807, 2.05) is 0 Å². The van der Waals surface area contributed by atoms with E-state index in [1.165, 1.54) is 67.2 Å². The molecule has 1 heterocycles. The molecule has 1 saturated carbocycles. The number of hydrogen-bond donors (Lipinski definition) is 1. The largest absolute Gasteiger partial charge is 0.489 e. The molecule has 0 spiro atoms. The van der Waals surface area contributed by atoms with Gasteiger partial charge in [0.1, 0.15) is 12.4 Å². The Morgan fingerprint density at radius 1 is 0.852 bits per heavy atom. The number of ether oxygens (including phenoxy) is 1. The molecule has 0 amide bonds. The number of aryl methyl sites for hydroxylation is 1. The van der Waals surface area contributed by atoms with E-state index in [0.717, 1.165) is 30.7 Å². The van der Waals surface area contributed by atoms with Crippen LogP contribution in [0, 0.1) is 6.92 Å². The fourth-order valence-corrected chi connectivity index (χ4v) is 4.82. The highest BCUT2D eigenvalue weighted by Gasteiger charge is 2.17. The summed E-state index contributed by atoms with van der Waals surface area (Å²) in [6, 6.07) is 15.8. The van der Waals surface area contributed by atoms with Gasteiger partial charge < -0.3 is 10.1 Å². The molecule has 0 bridgehead atoms. The van der Waals surface area contributed by atoms with Crippen molar-refractivity contribution in [2.24, 2.45) is 0 Å². The second-order valence-electron chi connectivity index (χ2n) is 8.41. The Morgan fingerprint density at radius 2 is 1.59 bits per heavy atom. The summed E-state index contributed by atoms with van der Waals surface area (Å²) < 4.78 is 6.09. The van der Waals surface area contributed by atoms with Crippen LogP contribution in [0.15, 0.2) is 42.5 Å². The maximum Gasteiger partial charge on any atom is 0.120 e. The minimum Gasteiger partial charge on any atom is -0.489 e. The van der Waals surface area contributed by atoms with Gasteiger partial charge in [0.25, 0.3) is 0 Å². The number of piperidine rings is 1. The van der Waals surface area contributed by atoms with Crippen LogP contribution in [0.2, 0.25) is 0 Å². The van der Waals surface area contributed by atoms with E-state index in [4.69, 9.17) is 4.74 Å². The van der Waals surface area contributed by atoms with Gasteiger partial charge in [0.15, 0.2) is 0 Å². The lowest BCUT2D eigenvalue weighted by Gasteiger charge is -2.24. The minimum absolute atomic E-state index is 0.648. The van der Waals surface area contributed by atoms with Crippen molar-refractivity contribution in [3.63, 3.8) is 0 Å². The monoisotopic (exact) mass is 363 g/mol. The average Bonchev–Trinajstić information content (AvgIpc) is 2.74. The van der Waals surface area contributed by atoms with Crippen molar-refractivity contribution in [1.29, 1.82) is 0 Å². The molecule has 0 atom stereocenters. The third kappa shape index (κ3) is 4.73. The molecule has 1 saturated heterocycles. The van der Waals surface area contributed by atoms with E-state index in [1.54, 1.807) is 0 Å². The quantitative estimate of drug-likeness (QED) is 0.694. The molecule has 1 aliphatic carbocycles. The number of hydrogen-bond acceptors (Lipinski definition) is 2. The summed E-state index contributed by atoms with van der Waals surface area (Å²) in [5.41, 5.74) is 5.66. The minimum atomic E-state index is 0.648. The molecule has 27 heavy (non-hydrogen) atoms. The van der Waals surface area contributed by atoms with Crippen molar-refractivity contribution in [2.45, 2.75) is 70.3 Å². The van der Waals surface area contributed by atoms with Crippen LogP contribution in [0.3, 0.4) is 0 Å². The predicted octanol–water partition coefficient (Wildman–Crippen LogP) is 6.09. The second kappa shape index (κ2) is 8.93. The number of rotatable bonds is 5. The topological polar surface area (TPSA) is 21.3 Å². The van der Waals surface area contributed by atoms with Crippen molar-refractivity contribution in [3.8, 4) is 5.75 Å². The fraction of sp³-hybridized carbons (Fsp3) is 0.520.